The zero-order valence-electron chi connectivity index (χ0n) is 16.9. The Hall–Kier alpha value is -2.93. The summed E-state index contributed by atoms with van der Waals surface area (Å²) >= 11 is 0. The van der Waals surface area contributed by atoms with Crippen LogP contribution in [0.3, 0.4) is 0 Å². The maximum atomic E-state index is 8.36. The molecule has 0 bridgehead atoms. The first-order chi connectivity index (χ1) is 14.2. The van der Waals surface area contributed by atoms with Crippen LogP contribution in [-0.4, -0.2) is 42.9 Å². The molecule has 1 N–H and O–H groups in total. The molecule has 0 amide bonds. The SMILES string of the molecule is CN(Cc1ccc(-n2cccn2)cc1)Cc1cncn1C1CCCCC1.O=CO. The minimum Gasteiger partial charge on any atom is -0.483 e. The third kappa shape index (κ3) is 5.77. The Kier molecular flexibility index (Phi) is 7.58. The molecule has 2 heterocycles. The molecule has 1 saturated carbocycles. The van der Waals surface area contributed by atoms with Crippen LogP contribution >= 0.6 is 0 Å². The van der Waals surface area contributed by atoms with E-state index in [1.54, 1.807) is 6.20 Å². The lowest BCUT2D eigenvalue weighted by Crippen LogP contribution is -2.21. The van der Waals surface area contributed by atoms with Gasteiger partial charge in [-0.1, -0.05) is 31.4 Å². The quantitative estimate of drug-likeness (QED) is 0.641. The van der Waals surface area contributed by atoms with Crippen LogP contribution in [-0.2, 0) is 17.9 Å². The second kappa shape index (κ2) is 10.6. The molecule has 154 valence electrons. The first-order valence-corrected chi connectivity index (χ1v) is 10.1. The second-order valence-corrected chi connectivity index (χ2v) is 7.48. The van der Waals surface area contributed by atoms with E-state index in [1.807, 2.05) is 29.5 Å². The zero-order chi connectivity index (χ0) is 20.5. The van der Waals surface area contributed by atoms with Crippen LogP contribution in [0.4, 0.5) is 0 Å². The minimum absolute atomic E-state index is 0.250. The number of rotatable bonds is 6. The molecule has 0 atom stereocenters. The third-order valence-corrected chi connectivity index (χ3v) is 5.30. The largest absolute Gasteiger partial charge is 0.483 e. The molecule has 2 aromatic heterocycles. The van der Waals surface area contributed by atoms with Crippen LogP contribution in [0, 0.1) is 0 Å². The molecule has 1 aliphatic rings. The topological polar surface area (TPSA) is 76.2 Å². The number of aromatic nitrogens is 4. The zero-order valence-corrected chi connectivity index (χ0v) is 16.9. The fourth-order valence-electron chi connectivity index (χ4n) is 3.96. The molecule has 7 nitrogen and oxygen atoms in total. The Labute approximate surface area is 171 Å². The average Bonchev–Trinajstić information content (AvgIpc) is 3.42. The maximum Gasteiger partial charge on any atom is 0.290 e. The Balaban J connectivity index is 0.000000755. The van der Waals surface area contributed by atoms with Gasteiger partial charge in [-0.2, -0.15) is 5.10 Å². The molecule has 1 aliphatic carbocycles. The van der Waals surface area contributed by atoms with Gasteiger partial charge in [0.2, 0.25) is 0 Å². The van der Waals surface area contributed by atoms with Crippen LogP contribution in [0.5, 0.6) is 0 Å². The van der Waals surface area contributed by atoms with Gasteiger partial charge in [-0.15, -0.1) is 0 Å². The van der Waals surface area contributed by atoms with E-state index < -0.39 is 0 Å². The molecule has 3 aromatic rings. The summed E-state index contributed by atoms with van der Waals surface area (Å²) < 4.78 is 4.30. The molecule has 29 heavy (non-hydrogen) atoms. The highest BCUT2D eigenvalue weighted by Crippen LogP contribution is 2.29. The molecule has 0 spiro atoms. The van der Waals surface area contributed by atoms with Gasteiger partial charge in [0.15, 0.2) is 0 Å². The normalized spacial score (nSPS) is 14.4. The van der Waals surface area contributed by atoms with Crippen molar-refractivity contribution in [3.8, 4) is 5.69 Å². The molecule has 0 aliphatic heterocycles. The summed E-state index contributed by atoms with van der Waals surface area (Å²) in [5.41, 5.74) is 3.73. The molecule has 1 aromatic carbocycles. The summed E-state index contributed by atoms with van der Waals surface area (Å²) in [5, 5.41) is 11.2. The molecule has 4 rings (SSSR count). The summed E-state index contributed by atoms with van der Waals surface area (Å²) in [7, 11) is 2.18. The van der Waals surface area contributed by atoms with E-state index in [0.29, 0.717) is 6.04 Å². The Morgan fingerprint density at radius 3 is 2.55 bits per heavy atom. The number of nitrogens with zero attached hydrogens (tertiary/aromatic N) is 5. The summed E-state index contributed by atoms with van der Waals surface area (Å²) in [6, 6.07) is 11.2. The standard InChI is InChI=1S/C21H27N5.CH2O2/c1-24(15-18-8-10-20(11-9-18)26-13-5-12-23-26)16-21-14-22-17-25(21)19-6-3-2-4-7-19;2-1-3/h5,8-14,17,19H,2-4,6-7,15-16H2,1H3;1H,(H,2,3). The van der Waals surface area contributed by atoms with Gasteiger partial charge in [-0.3, -0.25) is 9.69 Å². The van der Waals surface area contributed by atoms with Crippen LogP contribution in [0.1, 0.15) is 49.4 Å². The van der Waals surface area contributed by atoms with Gasteiger partial charge in [0.05, 0.1) is 17.7 Å². The molecular weight excluding hydrogens is 366 g/mol. The van der Waals surface area contributed by atoms with Crippen molar-refractivity contribution in [2.24, 2.45) is 0 Å². The Morgan fingerprint density at radius 2 is 1.90 bits per heavy atom. The monoisotopic (exact) mass is 395 g/mol. The Bertz CT molecular complexity index is 852. The van der Waals surface area contributed by atoms with Gasteiger partial charge >= 0.3 is 0 Å². The number of carboxylic acid groups (broad SMARTS) is 1. The maximum absolute atomic E-state index is 8.36. The van der Waals surface area contributed by atoms with E-state index in [4.69, 9.17) is 9.90 Å². The second-order valence-electron chi connectivity index (χ2n) is 7.48. The molecule has 1 fully saturated rings. The highest BCUT2D eigenvalue weighted by Gasteiger charge is 2.18. The highest BCUT2D eigenvalue weighted by atomic mass is 16.3. The van der Waals surface area contributed by atoms with Crippen molar-refractivity contribution in [1.29, 1.82) is 0 Å². The summed E-state index contributed by atoms with van der Waals surface area (Å²) in [5.74, 6) is 0. The molecule has 0 saturated heterocycles. The van der Waals surface area contributed by atoms with Crippen molar-refractivity contribution in [1.82, 2.24) is 24.2 Å². The van der Waals surface area contributed by atoms with Crippen molar-refractivity contribution in [3.63, 3.8) is 0 Å². The average molecular weight is 396 g/mol. The fourth-order valence-corrected chi connectivity index (χ4v) is 3.96. The first kappa shape index (κ1) is 20.8. The van der Waals surface area contributed by atoms with Crippen molar-refractivity contribution in [2.45, 2.75) is 51.2 Å². The van der Waals surface area contributed by atoms with E-state index in [0.717, 1.165) is 18.8 Å². The summed E-state index contributed by atoms with van der Waals surface area (Å²) in [6.07, 6.45) is 14.5. The van der Waals surface area contributed by atoms with Crippen molar-refractivity contribution >= 4 is 6.47 Å². The first-order valence-electron chi connectivity index (χ1n) is 10.1. The molecular formula is C22H29N5O2. The van der Waals surface area contributed by atoms with Gasteiger partial charge in [0.1, 0.15) is 0 Å². The fraction of sp³-hybridized carbons (Fsp3) is 0.409. The van der Waals surface area contributed by atoms with Gasteiger partial charge < -0.3 is 9.67 Å². The predicted molar refractivity (Wildman–Crippen MR) is 112 cm³/mol. The van der Waals surface area contributed by atoms with Crippen molar-refractivity contribution in [3.05, 3.63) is 66.5 Å². The molecule has 0 unspecified atom stereocenters. The van der Waals surface area contributed by atoms with Crippen LogP contribution in [0.2, 0.25) is 0 Å². The van der Waals surface area contributed by atoms with Gasteiger partial charge in [-0.05, 0) is 43.7 Å². The lowest BCUT2D eigenvalue weighted by atomic mass is 9.95. The van der Waals surface area contributed by atoms with Crippen LogP contribution < -0.4 is 0 Å². The van der Waals surface area contributed by atoms with E-state index in [2.05, 4.69) is 50.9 Å². The number of hydrogen-bond acceptors (Lipinski definition) is 4. The Morgan fingerprint density at radius 1 is 1.17 bits per heavy atom. The smallest absolute Gasteiger partial charge is 0.290 e. The van der Waals surface area contributed by atoms with Crippen LogP contribution in [0.25, 0.3) is 5.69 Å². The number of benzene rings is 1. The van der Waals surface area contributed by atoms with Crippen molar-refractivity contribution < 1.29 is 9.90 Å². The lowest BCUT2D eigenvalue weighted by Gasteiger charge is -2.26. The third-order valence-electron chi connectivity index (χ3n) is 5.30. The lowest BCUT2D eigenvalue weighted by molar-refractivity contribution is -0.122. The summed E-state index contributed by atoms with van der Waals surface area (Å²) in [6.45, 7) is 1.60. The minimum atomic E-state index is -0.250. The number of imidazole rings is 1. The molecule has 0 radical (unpaired) electrons. The van der Waals surface area contributed by atoms with E-state index in [9.17, 15) is 0 Å². The van der Waals surface area contributed by atoms with Gasteiger partial charge in [0.25, 0.3) is 6.47 Å². The van der Waals surface area contributed by atoms with Gasteiger partial charge in [0, 0.05) is 37.7 Å². The van der Waals surface area contributed by atoms with E-state index in [1.165, 1.54) is 43.4 Å². The predicted octanol–water partition coefficient (Wildman–Crippen LogP) is 3.91. The molecule has 7 heteroatoms. The van der Waals surface area contributed by atoms with Crippen LogP contribution in [0.15, 0.2) is 55.2 Å². The van der Waals surface area contributed by atoms with Crippen molar-refractivity contribution in [2.75, 3.05) is 7.05 Å². The number of carbonyl (C=O) groups is 1. The van der Waals surface area contributed by atoms with E-state index in [-0.39, 0.29) is 6.47 Å². The number of hydrogen-bond donors (Lipinski definition) is 1. The van der Waals surface area contributed by atoms with E-state index >= 15 is 0 Å². The van der Waals surface area contributed by atoms with Gasteiger partial charge in [-0.25, -0.2) is 9.67 Å². The highest BCUT2D eigenvalue weighted by molar-refractivity contribution is 5.33. The summed E-state index contributed by atoms with van der Waals surface area (Å²) in [4.78, 5) is 15.1.